The van der Waals surface area contributed by atoms with Gasteiger partial charge in [0.05, 0.1) is 50.0 Å². The Morgan fingerprint density at radius 2 is 1.30 bits per heavy atom. The molecule has 16 nitrogen and oxygen atoms in total. The molecule has 43 heavy (non-hydrogen) atoms. The van der Waals surface area contributed by atoms with E-state index in [9.17, 15) is 49.0 Å². The van der Waals surface area contributed by atoms with E-state index in [4.69, 9.17) is 0 Å². The Balaban J connectivity index is 0.000000163. The summed E-state index contributed by atoms with van der Waals surface area (Å²) < 4.78 is 0. The number of hydrogen-bond donors (Lipinski definition) is 3. The minimum atomic E-state index is -0.793. The number of imide groups is 2. The molecular formula is C26H23BrN6O10. The Kier molecular flexibility index (Phi) is 9.23. The Hall–Kier alpha value is -5.06. The van der Waals surface area contributed by atoms with Crippen LogP contribution in [0.3, 0.4) is 0 Å². The molecule has 2 fully saturated rings. The van der Waals surface area contributed by atoms with E-state index in [0.717, 1.165) is 0 Å². The van der Waals surface area contributed by atoms with Crippen molar-refractivity contribution < 1.29 is 38.6 Å². The van der Waals surface area contributed by atoms with Gasteiger partial charge >= 0.3 is 0 Å². The molecular weight excluding hydrogens is 636 g/mol. The summed E-state index contributed by atoms with van der Waals surface area (Å²) in [5, 5.41) is 28.5. The predicted octanol–water partition coefficient (Wildman–Crippen LogP) is 1.56. The minimum absolute atomic E-state index is 0.0100. The van der Waals surface area contributed by atoms with Crippen LogP contribution in [0.5, 0.6) is 0 Å². The summed E-state index contributed by atoms with van der Waals surface area (Å²) in [6.45, 7) is 0. The van der Waals surface area contributed by atoms with Crippen LogP contribution in [0.25, 0.3) is 0 Å². The van der Waals surface area contributed by atoms with Gasteiger partial charge in [0.2, 0.25) is 35.4 Å². The molecule has 2 aromatic carbocycles. The van der Waals surface area contributed by atoms with Gasteiger partial charge in [0.1, 0.15) is 6.04 Å². The maximum absolute atomic E-state index is 12.2. The molecule has 6 amide bonds. The van der Waals surface area contributed by atoms with Crippen LogP contribution in [-0.2, 0) is 41.6 Å². The second-order valence-electron chi connectivity index (χ2n) is 9.64. The van der Waals surface area contributed by atoms with Crippen LogP contribution in [0.2, 0.25) is 0 Å². The van der Waals surface area contributed by atoms with Gasteiger partial charge in [-0.05, 0) is 25.0 Å². The lowest BCUT2D eigenvalue weighted by atomic mass is 10.0. The van der Waals surface area contributed by atoms with E-state index in [1.165, 1.54) is 23.1 Å². The first-order valence-corrected chi connectivity index (χ1v) is 13.7. The average Bonchev–Trinajstić information content (AvgIpc) is 3.49. The number of rotatable bonds is 3. The van der Waals surface area contributed by atoms with E-state index >= 15 is 0 Å². The molecule has 0 aliphatic carbocycles. The summed E-state index contributed by atoms with van der Waals surface area (Å²) in [6.07, 6.45) is 1.42. The van der Waals surface area contributed by atoms with Crippen molar-refractivity contribution >= 4 is 74.1 Å². The van der Waals surface area contributed by atoms with E-state index in [1.54, 1.807) is 18.2 Å². The summed E-state index contributed by atoms with van der Waals surface area (Å²) in [7, 11) is 0. The van der Waals surface area contributed by atoms with Crippen molar-refractivity contribution in [2.75, 3.05) is 10.2 Å². The fourth-order valence-corrected chi connectivity index (χ4v) is 5.20. The highest BCUT2D eigenvalue weighted by Gasteiger charge is 2.41. The van der Waals surface area contributed by atoms with Gasteiger partial charge in [-0.25, -0.2) is 0 Å². The molecule has 0 aromatic heterocycles. The number of fused-ring (bicyclic) bond motifs is 2. The number of nitrogens with one attached hydrogen (secondary N) is 3. The summed E-state index contributed by atoms with van der Waals surface area (Å²) in [4.78, 5) is 88.9. The van der Waals surface area contributed by atoms with Gasteiger partial charge in [-0.1, -0.05) is 28.1 Å². The fourth-order valence-electron chi connectivity index (χ4n) is 4.85. The molecule has 2 aromatic rings. The monoisotopic (exact) mass is 658 g/mol. The minimum Gasteiger partial charge on any atom is -0.325 e. The Bertz CT molecular complexity index is 1580. The van der Waals surface area contributed by atoms with E-state index in [1.807, 2.05) is 0 Å². The number of anilines is 2. The maximum Gasteiger partial charge on any atom is 0.275 e. The molecule has 0 saturated carbocycles. The molecule has 2 unspecified atom stereocenters. The number of carbonyl (C=O) groups is 6. The Morgan fingerprint density at radius 3 is 1.88 bits per heavy atom. The lowest BCUT2D eigenvalue weighted by molar-refractivity contribution is -0.385. The topological polar surface area (TPSA) is 228 Å². The summed E-state index contributed by atoms with van der Waals surface area (Å²) in [6, 6.07) is 8.22. The number of nitrogens with zero attached hydrogens (tertiary/aromatic N) is 3. The molecule has 6 rings (SSSR count). The third-order valence-electron chi connectivity index (χ3n) is 6.83. The van der Waals surface area contributed by atoms with Gasteiger partial charge in [0.15, 0.2) is 0 Å². The van der Waals surface area contributed by atoms with Crippen LogP contribution in [-0.4, -0.2) is 56.2 Å². The molecule has 4 aliphatic rings. The van der Waals surface area contributed by atoms with E-state index in [0.29, 0.717) is 35.3 Å². The number of nitro groups is 2. The SMILES string of the molecule is O=C1CCC(Br)C(=O)N1.O=C1CCC(N2C(=O)Cc3c2cccc3[N+](=O)[O-])C(=O)N1.O=C1Cc2c(cccc2[N+](=O)[O-])N1. The molecule has 17 heteroatoms. The smallest absolute Gasteiger partial charge is 0.275 e. The highest BCUT2D eigenvalue weighted by atomic mass is 79.9. The molecule has 0 bridgehead atoms. The maximum atomic E-state index is 12.2. The number of nitro benzene ring substituents is 2. The summed E-state index contributed by atoms with van der Waals surface area (Å²) in [5.41, 5.74) is 1.61. The van der Waals surface area contributed by atoms with Gasteiger partial charge < -0.3 is 5.32 Å². The van der Waals surface area contributed by atoms with Gasteiger partial charge in [0, 0.05) is 25.0 Å². The van der Waals surface area contributed by atoms with Gasteiger partial charge in [-0.2, -0.15) is 0 Å². The molecule has 4 heterocycles. The highest BCUT2D eigenvalue weighted by Crippen LogP contribution is 2.37. The van der Waals surface area contributed by atoms with Crippen LogP contribution in [0.15, 0.2) is 36.4 Å². The third kappa shape index (κ3) is 6.88. The molecule has 0 spiro atoms. The Labute approximate surface area is 250 Å². The average molecular weight is 659 g/mol. The zero-order valence-electron chi connectivity index (χ0n) is 22.2. The number of carbonyl (C=O) groups excluding carboxylic acids is 6. The first kappa shape index (κ1) is 30.9. The number of halogens is 1. The van der Waals surface area contributed by atoms with E-state index in [2.05, 4.69) is 31.9 Å². The van der Waals surface area contributed by atoms with Crippen molar-refractivity contribution in [2.45, 2.75) is 49.4 Å². The number of amides is 6. The van der Waals surface area contributed by atoms with Crippen LogP contribution < -0.4 is 20.9 Å². The number of piperidine rings is 2. The van der Waals surface area contributed by atoms with E-state index < -0.39 is 21.8 Å². The van der Waals surface area contributed by atoms with Crippen molar-refractivity contribution in [1.29, 1.82) is 0 Å². The number of alkyl halides is 1. The van der Waals surface area contributed by atoms with Crippen LogP contribution in [0.1, 0.15) is 36.8 Å². The number of benzene rings is 2. The highest BCUT2D eigenvalue weighted by molar-refractivity contribution is 9.10. The molecule has 224 valence electrons. The summed E-state index contributed by atoms with van der Waals surface area (Å²) in [5.74, 6) is -1.86. The van der Waals surface area contributed by atoms with Crippen molar-refractivity contribution in [3.05, 3.63) is 67.8 Å². The third-order valence-corrected chi connectivity index (χ3v) is 7.71. The second kappa shape index (κ2) is 12.8. The van der Waals surface area contributed by atoms with E-state index in [-0.39, 0.29) is 71.4 Å². The fraction of sp³-hybridized carbons (Fsp3) is 0.308. The lowest BCUT2D eigenvalue weighted by Gasteiger charge is -2.29. The predicted molar refractivity (Wildman–Crippen MR) is 151 cm³/mol. The first-order chi connectivity index (χ1) is 20.4. The largest absolute Gasteiger partial charge is 0.325 e. The molecule has 2 atom stereocenters. The number of hydrogen-bond acceptors (Lipinski definition) is 10. The molecule has 3 N–H and O–H groups in total. The first-order valence-electron chi connectivity index (χ1n) is 12.8. The van der Waals surface area contributed by atoms with Crippen LogP contribution in [0.4, 0.5) is 22.7 Å². The van der Waals surface area contributed by atoms with Crippen molar-refractivity contribution in [2.24, 2.45) is 0 Å². The standard InChI is InChI=1S/C13H11N3O5.C8H6N2O3.C5H6BrNO2/c17-11-5-4-10(13(19)14-11)15-8-2-1-3-9(16(20)21)7(8)6-12(15)18;11-8-4-5-6(9-8)2-1-3-7(5)10(12)13;6-3-1-2-4(8)7-5(3)9/h1-3,10H,4-6H2,(H,14,17,19);1-3H,4H2,(H,9,11);3H,1-2H2,(H,7,8,9). The quantitative estimate of drug-likeness (QED) is 0.186. The van der Waals surface area contributed by atoms with Crippen LogP contribution >= 0.6 is 15.9 Å². The van der Waals surface area contributed by atoms with Gasteiger partial charge in [-0.15, -0.1) is 0 Å². The normalized spacial score (nSPS) is 20.3. The van der Waals surface area contributed by atoms with Gasteiger partial charge in [-0.3, -0.25) is 64.5 Å². The molecule has 0 radical (unpaired) electrons. The molecule has 2 saturated heterocycles. The van der Waals surface area contributed by atoms with Crippen molar-refractivity contribution in [1.82, 2.24) is 10.6 Å². The summed E-state index contributed by atoms with van der Waals surface area (Å²) >= 11 is 3.12. The van der Waals surface area contributed by atoms with Gasteiger partial charge in [0.25, 0.3) is 11.4 Å². The zero-order chi connectivity index (χ0) is 31.4. The lowest BCUT2D eigenvalue weighted by Crippen LogP contribution is -2.53. The molecule has 4 aliphatic heterocycles. The Morgan fingerprint density at radius 1 is 0.721 bits per heavy atom. The van der Waals surface area contributed by atoms with Crippen molar-refractivity contribution in [3.8, 4) is 0 Å². The van der Waals surface area contributed by atoms with Crippen LogP contribution in [0, 0.1) is 20.2 Å². The van der Waals surface area contributed by atoms with Crippen molar-refractivity contribution in [3.63, 3.8) is 0 Å². The zero-order valence-corrected chi connectivity index (χ0v) is 23.7. The second-order valence-corrected chi connectivity index (χ2v) is 10.7.